The summed E-state index contributed by atoms with van der Waals surface area (Å²) in [5.41, 5.74) is 4.25. The van der Waals surface area contributed by atoms with E-state index in [4.69, 9.17) is 10.8 Å². The number of hydrogen-bond acceptors (Lipinski definition) is 6. The molecule has 0 unspecified atom stereocenters. The molecule has 0 aliphatic carbocycles. The summed E-state index contributed by atoms with van der Waals surface area (Å²) in [6, 6.07) is 16.8. The summed E-state index contributed by atoms with van der Waals surface area (Å²) in [5.74, 6) is 2.25. The number of piperazine rings is 1. The lowest BCUT2D eigenvalue weighted by Crippen LogP contribution is -2.47. The molecule has 0 saturated carbocycles. The molecule has 1 aromatic heterocycles. The summed E-state index contributed by atoms with van der Waals surface area (Å²) in [7, 11) is 0. The van der Waals surface area contributed by atoms with Crippen LogP contribution in [0.2, 0.25) is 0 Å². The first-order valence-electron chi connectivity index (χ1n) is 14.1. The van der Waals surface area contributed by atoms with Gasteiger partial charge in [0.2, 0.25) is 5.91 Å². The second kappa shape index (κ2) is 12.6. The summed E-state index contributed by atoms with van der Waals surface area (Å²) in [4.78, 5) is 44.3. The molecule has 0 atom stereocenters. The second-order valence-electron chi connectivity index (χ2n) is 10.3. The Labute approximate surface area is 240 Å². The highest BCUT2D eigenvalue weighted by Gasteiger charge is 2.23. The highest BCUT2D eigenvalue weighted by molar-refractivity contribution is 6.05. The summed E-state index contributed by atoms with van der Waals surface area (Å²) in [6.45, 7) is 7.14. The van der Waals surface area contributed by atoms with E-state index >= 15 is 0 Å². The average molecular weight is 554 g/mol. The Balaban J connectivity index is 1.29. The highest BCUT2D eigenvalue weighted by Crippen LogP contribution is 2.30. The van der Waals surface area contributed by atoms with Crippen molar-refractivity contribution in [3.8, 4) is 12.3 Å². The van der Waals surface area contributed by atoms with Crippen molar-refractivity contribution in [1.82, 2.24) is 10.2 Å². The lowest BCUT2D eigenvalue weighted by atomic mass is 10.1. The van der Waals surface area contributed by atoms with E-state index in [1.807, 2.05) is 17.0 Å². The van der Waals surface area contributed by atoms with Crippen LogP contribution in [0.25, 0.3) is 0 Å². The molecule has 3 amide bonds. The predicted octanol–water partition coefficient (Wildman–Crippen LogP) is 3.89. The molecule has 41 heavy (non-hydrogen) atoms. The van der Waals surface area contributed by atoms with Crippen LogP contribution in [0.15, 0.2) is 59.0 Å². The van der Waals surface area contributed by atoms with Gasteiger partial charge in [0.15, 0.2) is 11.5 Å². The summed E-state index contributed by atoms with van der Waals surface area (Å²) in [6.07, 6.45) is 7.58. The second-order valence-corrected chi connectivity index (χ2v) is 10.3. The Morgan fingerprint density at radius 2 is 1.71 bits per heavy atom. The molecule has 2 aliphatic rings. The Morgan fingerprint density at radius 1 is 0.951 bits per heavy atom. The zero-order chi connectivity index (χ0) is 28.8. The van der Waals surface area contributed by atoms with Gasteiger partial charge in [-0.05, 0) is 67.6 Å². The number of rotatable bonds is 9. The number of hydrogen-bond donors (Lipinski definition) is 2. The maximum atomic E-state index is 13.1. The van der Waals surface area contributed by atoms with Crippen molar-refractivity contribution in [1.29, 1.82) is 0 Å². The van der Waals surface area contributed by atoms with E-state index in [1.165, 1.54) is 17.3 Å². The van der Waals surface area contributed by atoms with E-state index in [2.05, 4.69) is 51.5 Å². The van der Waals surface area contributed by atoms with Crippen LogP contribution in [0.1, 0.15) is 51.5 Å². The third-order valence-electron chi connectivity index (χ3n) is 7.62. The van der Waals surface area contributed by atoms with E-state index < -0.39 is 5.91 Å². The largest absolute Gasteiger partial charge is 0.443 e. The fraction of sp³-hybridized carbons (Fsp3) is 0.344. The fourth-order valence-electron chi connectivity index (χ4n) is 5.40. The third-order valence-corrected chi connectivity index (χ3v) is 7.62. The molecule has 2 aliphatic heterocycles. The minimum Gasteiger partial charge on any atom is -0.443 e. The Bertz CT molecular complexity index is 1460. The number of benzene rings is 2. The van der Waals surface area contributed by atoms with Crippen molar-refractivity contribution in [2.24, 2.45) is 0 Å². The van der Waals surface area contributed by atoms with Gasteiger partial charge in [-0.25, -0.2) is 0 Å². The van der Waals surface area contributed by atoms with Crippen LogP contribution in [0.3, 0.4) is 0 Å². The third kappa shape index (κ3) is 6.55. The molecule has 2 fully saturated rings. The smallest absolute Gasteiger partial charge is 0.291 e. The molecule has 9 heteroatoms. The molecular weight excluding hydrogens is 518 g/mol. The first-order valence-corrected chi connectivity index (χ1v) is 14.1. The Hall–Kier alpha value is -4.71. The van der Waals surface area contributed by atoms with Crippen molar-refractivity contribution in [2.45, 2.75) is 26.2 Å². The number of likely N-dealkylation sites (tertiary alicyclic amines) is 1. The van der Waals surface area contributed by atoms with Crippen LogP contribution in [0.4, 0.5) is 17.1 Å². The van der Waals surface area contributed by atoms with Crippen molar-refractivity contribution in [2.75, 3.05) is 60.9 Å². The molecule has 5 rings (SSSR count). The first kappa shape index (κ1) is 27.8. The first-order chi connectivity index (χ1) is 19.9. The van der Waals surface area contributed by atoms with Gasteiger partial charge in [-0.2, -0.15) is 0 Å². The van der Waals surface area contributed by atoms with Crippen LogP contribution < -0.4 is 20.4 Å². The summed E-state index contributed by atoms with van der Waals surface area (Å²) < 4.78 is 5.44. The quantitative estimate of drug-likeness (QED) is 0.308. The van der Waals surface area contributed by atoms with E-state index in [0.29, 0.717) is 37.2 Å². The summed E-state index contributed by atoms with van der Waals surface area (Å²) >= 11 is 0. The van der Waals surface area contributed by atoms with Gasteiger partial charge in [-0.1, -0.05) is 18.2 Å². The van der Waals surface area contributed by atoms with Crippen LogP contribution in [-0.4, -0.2) is 68.4 Å². The van der Waals surface area contributed by atoms with Gasteiger partial charge in [0, 0.05) is 63.5 Å². The van der Waals surface area contributed by atoms with Gasteiger partial charge in [0.1, 0.15) is 0 Å². The molecular formula is C32H35N5O4. The van der Waals surface area contributed by atoms with Crippen molar-refractivity contribution in [3.63, 3.8) is 0 Å². The number of carbonyl (C=O) groups excluding carboxylic acids is 3. The van der Waals surface area contributed by atoms with E-state index in [9.17, 15) is 14.4 Å². The van der Waals surface area contributed by atoms with Crippen LogP contribution >= 0.6 is 0 Å². The summed E-state index contributed by atoms with van der Waals surface area (Å²) in [5, 5.41) is 5.88. The number of para-hydroxylation sites is 1. The minimum absolute atomic E-state index is 0.0968. The molecule has 2 N–H and O–H groups in total. The molecule has 2 aromatic carbocycles. The molecule has 0 radical (unpaired) electrons. The number of terminal acetylenes is 1. The van der Waals surface area contributed by atoms with Crippen molar-refractivity contribution in [3.05, 3.63) is 77.2 Å². The molecule has 2 saturated heterocycles. The Morgan fingerprint density at radius 3 is 2.39 bits per heavy atom. The van der Waals surface area contributed by atoms with Gasteiger partial charge in [0.05, 0.1) is 11.4 Å². The highest BCUT2D eigenvalue weighted by atomic mass is 16.3. The van der Waals surface area contributed by atoms with Gasteiger partial charge in [0.25, 0.3) is 11.8 Å². The maximum Gasteiger partial charge on any atom is 0.291 e. The Kier molecular flexibility index (Phi) is 8.59. The zero-order valence-electron chi connectivity index (χ0n) is 23.3. The topological polar surface area (TPSA) is 98.1 Å². The van der Waals surface area contributed by atoms with Gasteiger partial charge in [-0.15, -0.1) is 6.42 Å². The number of nitrogens with one attached hydrogen (secondary N) is 2. The number of anilines is 3. The number of carbonyl (C=O) groups is 3. The maximum absolute atomic E-state index is 13.1. The zero-order valence-corrected chi connectivity index (χ0v) is 23.3. The minimum atomic E-state index is -0.445. The number of amides is 3. The van der Waals surface area contributed by atoms with E-state index in [1.54, 1.807) is 18.2 Å². The number of nitrogens with zero attached hydrogens (tertiary/aromatic N) is 3. The van der Waals surface area contributed by atoms with Crippen LogP contribution in [-0.2, 0) is 4.79 Å². The van der Waals surface area contributed by atoms with Gasteiger partial charge in [-0.3, -0.25) is 14.4 Å². The molecule has 9 nitrogen and oxygen atoms in total. The molecule has 0 bridgehead atoms. The lowest BCUT2D eigenvalue weighted by molar-refractivity contribution is -0.127. The lowest BCUT2D eigenvalue weighted by Gasteiger charge is -2.38. The van der Waals surface area contributed by atoms with Gasteiger partial charge >= 0.3 is 0 Å². The SMILES string of the molecule is C#Cc1ccc(C(=O)Nc2cc(C(=O)NCCCN3CCCC3=O)ccc2N2CCN(c3ccccc3C)CC2)o1. The van der Waals surface area contributed by atoms with E-state index in [0.717, 1.165) is 44.8 Å². The number of furan rings is 1. The molecule has 0 spiro atoms. The average Bonchev–Trinajstić information content (AvgIpc) is 3.64. The van der Waals surface area contributed by atoms with E-state index in [-0.39, 0.29) is 23.3 Å². The predicted molar refractivity (Wildman–Crippen MR) is 159 cm³/mol. The fourth-order valence-corrected chi connectivity index (χ4v) is 5.40. The molecule has 3 aromatic rings. The van der Waals surface area contributed by atoms with Gasteiger partial charge < -0.3 is 29.8 Å². The normalized spacial score (nSPS) is 15.1. The number of aryl methyl sites for hydroxylation is 1. The van der Waals surface area contributed by atoms with Crippen molar-refractivity contribution < 1.29 is 18.8 Å². The van der Waals surface area contributed by atoms with Crippen LogP contribution in [0, 0.1) is 19.3 Å². The molecule has 212 valence electrons. The standard InChI is InChI=1S/C32H35N5O4/c1-3-25-12-14-29(41-25)32(40)34-26-22-24(31(39)33-15-7-17-37-16-6-10-30(37)38)11-13-28(26)36-20-18-35(19-21-36)27-9-5-4-8-23(27)2/h1,4-5,8-9,11-14,22H,6-7,10,15-21H2,2H3,(H,33,39)(H,34,40). The van der Waals surface area contributed by atoms with Crippen LogP contribution in [0.5, 0.6) is 0 Å². The monoisotopic (exact) mass is 553 g/mol. The van der Waals surface area contributed by atoms with Crippen molar-refractivity contribution >= 4 is 34.8 Å². The molecule has 3 heterocycles.